The van der Waals surface area contributed by atoms with Crippen molar-refractivity contribution in [2.45, 2.75) is 17.4 Å². The molecular formula is C21H20N4O5S. The Bertz CT molecular complexity index is 1300. The monoisotopic (exact) mass is 440 g/mol. The second-order valence-electron chi connectivity index (χ2n) is 6.97. The molecule has 0 aliphatic carbocycles. The lowest BCUT2D eigenvalue weighted by Gasteiger charge is -2.15. The number of carbonyl (C=O) groups is 2. The second-order valence-corrected chi connectivity index (χ2v) is 8.62. The number of carbonyl (C=O) groups excluding carboxylic acids is 2. The molecule has 9 nitrogen and oxygen atoms in total. The van der Waals surface area contributed by atoms with Gasteiger partial charge < -0.3 is 15.0 Å². The van der Waals surface area contributed by atoms with Gasteiger partial charge in [0.05, 0.1) is 12.0 Å². The van der Waals surface area contributed by atoms with Crippen molar-refractivity contribution in [1.29, 1.82) is 0 Å². The number of amidine groups is 1. The van der Waals surface area contributed by atoms with E-state index in [1.165, 1.54) is 13.2 Å². The van der Waals surface area contributed by atoms with Crippen molar-refractivity contribution >= 4 is 38.6 Å². The molecule has 3 N–H and O–H groups in total. The minimum absolute atomic E-state index is 0.0944. The number of aliphatic imine (C=N–C) groups is 1. The number of nitrogens with one attached hydrogen (secondary N) is 3. The van der Waals surface area contributed by atoms with E-state index in [2.05, 4.69) is 20.0 Å². The summed E-state index contributed by atoms with van der Waals surface area (Å²) in [5.74, 6) is -1.03. The number of nitrogens with zero attached hydrogens (tertiary/aromatic N) is 1. The van der Waals surface area contributed by atoms with Gasteiger partial charge in [-0.3, -0.25) is 14.5 Å². The van der Waals surface area contributed by atoms with Gasteiger partial charge in [-0.25, -0.2) is 13.2 Å². The van der Waals surface area contributed by atoms with Crippen LogP contribution in [0.2, 0.25) is 0 Å². The predicted molar refractivity (Wildman–Crippen MR) is 114 cm³/mol. The van der Waals surface area contributed by atoms with E-state index in [4.69, 9.17) is 4.74 Å². The molecule has 0 bridgehead atoms. The highest BCUT2D eigenvalue weighted by Gasteiger charge is 2.30. The summed E-state index contributed by atoms with van der Waals surface area (Å²) in [6.07, 6.45) is 2.02. The number of aromatic nitrogens is 1. The van der Waals surface area contributed by atoms with Crippen LogP contribution in [0.1, 0.15) is 11.1 Å². The summed E-state index contributed by atoms with van der Waals surface area (Å²) in [5, 5.41) is 3.57. The fraction of sp³-hybridized carbons (Fsp3) is 0.190. The Morgan fingerprint density at radius 1 is 1.13 bits per heavy atom. The highest BCUT2D eigenvalue weighted by molar-refractivity contribution is 7.90. The van der Waals surface area contributed by atoms with Gasteiger partial charge in [-0.15, -0.1) is 0 Å². The number of benzene rings is 2. The summed E-state index contributed by atoms with van der Waals surface area (Å²) in [6, 6.07) is 13.1. The SMILES string of the molecule is COC(=O)[C@H](Cc1c[nH]c2ccccc12)NC(=O)CN=C1NS(=O)(=O)c2ccccc21. The fourth-order valence-electron chi connectivity index (χ4n) is 3.50. The van der Waals surface area contributed by atoms with Crippen molar-refractivity contribution in [2.24, 2.45) is 4.99 Å². The smallest absolute Gasteiger partial charge is 0.328 e. The number of rotatable bonds is 6. The number of H-pyrrole nitrogens is 1. The van der Waals surface area contributed by atoms with E-state index in [0.29, 0.717) is 5.56 Å². The molecule has 1 aliphatic rings. The van der Waals surface area contributed by atoms with Crippen molar-refractivity contribution in [3.05, 3.63) is 65.9 Å². The van der Waals surface area contributed by atoms with Crippen LogP contribution in [0.5, 0.6) is 0 Å². The third-order valence-electron chi connectivity index (χ3n) is 4.96. The zero-order chi connectivity index (χ0) is 22.0. The summed E-state index contributed by atoms with van der Waals surface area (Å²) in [6.45, 7) is -0.354. The van der Waals surface area contributed by atoms with Crippen LogP contribution in [-0.4, -0.2) is 50.8 Å². The zero-order valence-corrected chi connectivity index (χ0v) is 17.4. The van der Waals surface area contributed by atoms with Gasteiger partial charge in [-0.2, -0.15) is 0 Å². The zero-order valence-electron chi connectivity index (χ0n) is 16.6. The number of aromatic amines is 1. The summed E-state index contributed by atoms with van der Waals surface area (Å²) in [4.78, 5) is 32.1. The lowest BCUT2D eigenvalue weighted by Crippen LogP contribution is -2.44. The molecule has 31 heavy (non-hydrogen) atoms. The summed E-state index contributed by atoms with van der Waals surface area (Å²) < 4.78 is 31.5. The largest absolute Gasteiger partial charge is 0.467 e. The van der Waals surface area contributed by atoms with E-state index in [-0.39, 0.29) is 23.7 Å². The van der Waals surface area contributed by atoms with Crippen molar-refractivity contribution < 1.29 is 22.7 Å². The molecule has 1 aromatic heterocycles. The number of para-hydroxylation sites is 1. The molecule has 2 aromatic carbocycles. The van der Waals surface area contributed by atoms with E-state index < -0.39 is 27.9 Å². The summed E-state index contributed by atoms with van der Waals surface area (Å²) >= 11 is 0. The van der Waals surface area contributed by atoms with Gasteiger partial charge >= 0.3 is 5.97 Å². The minimum atomic E-state index is -3.69. The number of amides is 1. The van der Waals surface area contributed by atoms with Gasteiger partial charge in [0.1, 0.15) is 18.4 Å². The van der Waals surface area contributed by atoms with Crippen molar-refractivity contribution in [3.8, 4) is 0 Å². The first-order valence-electron chi connectivity index (χ1n) is 9.48. The molecule has 1 aliphatic heterocycles. The molecule has 1 atom stereocenters. The molecular weight excluding hydrogens is 420 g/mol. The third kappa shape index (κ3) is 4.15. The number of hydrogen-bond acceptors (Lipinski definition) is 6. The molecule has 2 heterocycles. The average Bonchev–Trinajstić information content (AvgIpc) is 3.29. The first kappa shape index (κ1) is 20.6. The van der Waals surface area contributed by atoms with E-state index in [9.17, 15) is 18.0 Å². The Morgan fingerprint density at radius 2 is 1.87 bits per heavy atom. The molecule has 0 saturated carbocycles. The Labute approximate surface area is 178 Å². The highest BCUT2D eigenvalue weighted by atomic mass is 32.2. The average molecular weight is 440 g/mol. The molecule has 10 heteroatoms. The number of ether oxygens (including phenoxy) is 1. The van der Waals surface area contributed by atoms with Gasteiger partial charge in [0.25, 0.3) is 10.0 Å². The van der Waals surface area contributed by atoms with Gasteiger partial charge in [0, 0.05) is 29.1 Å². The Balaban J connectivity index is 1.49. The van der Waals surface area contributed by atoms with Gasteiger partial charge in [0.15, 0.2) is 0 Å². The lowest BCUT2D eigenvalue weighted by atomic mass is 10.0. The maximum absolute atomic E-state index is 12.5. The van der Waals surface area contributed by atoms with Crippen LogP contribution in [0, 0.1) is 0 Å². The fourth-order valence-corrected chi connectivity index (χ4v) is 4.75. The second kappa shape index (κ2) is 8.23. The quantitative estimate of drug-likeness (QED) is 0.495. The van der Waals surface area contributed by atoms with Crippen LogP contribution in [0.3, 0.4) is 0 Å². The Morgan fingerprint density at radius 3 is 2.68 bits per heavy atom. The first-order chi connectivity index (χ1) is 14.9. The number of sulfonamides is 1. The first-order valence-corrected chi connectivity index (χ1v) is 11.0. The van der Waals surface area contributed by atoms with E-state index in [1.807, 2.05) is 24.3 Å². The molecule has 160 valence electrons. The van der Waals surface area contributed by atoms with Crippen LogP contribution < -0.4 is 10.0 Å². The maximum atomic E-state index is 12.5. The summed E-state index contributed by atoms with van der Waals surface area (Å²) in [7, 11) is -2.44. The molecule has 0 saturated heterocycles. The molecule has 1 amide bonds. The normalized spacial score (nSPS) is 16.5. The Hall–Kier alpha value is -3.66. The standard InChI is InChI=1S/C21H20N4O5S/c1-30-21(27)17(10-13-11-22-16-8-4-2-6-14(13)16)24-19(26)12-23-20-15-7-3-5-9-18(15)31(28,29)25-20/h2-9,11,17,22H,10,12H2,1H3,(H,23,25)(H,24,26)/t17-/m0/s1. The van der Waals surface area contributed by atoms with Crippen LogP contribution in [0.25, 0.3) is 10.9 Å². The molecule has 0 spiro atoms. The molecule has 0 fully saturated rings. The van der Waals surface area contributed by atoms with E-state index >= 15 is 0 Å². The molecule has 0 unspecified atom stereocenters. The number of hydrogen-bond donors (Lipinski definition) is 3. The third-order valence-corrected chi connectivity index (χ3v) is 6.36. The van der Waals surface area contributed by atoms with Gasteiger partial charge in [-0.05, 0) is 23.8 Å². The summed E-state index contributed by atoms with van der Waals surface area (Å²) in [5.41, 5.74) is 2.18. The van der Waals surface area contributed by atoms with Crippen LogP contribution in [0.15, 0.2) is 64.6 Å². The van der Waals surface area contributed by atoms with Crippen LogP contribution in [0.4, 0.5) is 0 Å². The predicted octanol–water partition coefficient (Wildman–Crippen LogP) is 1.11. The van der Waals surface area contributed by atoms with Crippen LogP contribution >= 0.6 is 0 Å². The topological polar surface area (TPSA) is 130 Å². The van der Waals surface area contributed by atoms with Crippen LogP contribution in [-0.2, 0) is 30.8 Å². The maximum Gasteiger partial charge on any atom is 0.328 e. The van der Waals surface area contributed by atoms with Crippen molar-refractivity contribution in [1.82, 2.24) is 15.0 Å². The number of fused-ring (bicyclic) bond motifs is 2. The van der Waals surface area contributed by atoms with E-state index in [0.717, 1.165) is 16.5 Å². The van der Waals surface area contributed by atoms with Gasteiger partial charge in [0.2, 0.25) is 5.91 Å². The highest BCUT2D eigenvalue weighted by Crippen LogP contribution is 2.22. The molecule has 0 radical (unpaired) electrons. The number of esters is 1. The Kier molecular flexibility index (Phi) is 5.47. The molecule has 4 rings (SSSR count). The lowest BCUT2D eigenvalue weighted by molar-refractivity contribution is -0.144. The minimum Gasteiger partial charge on any atom is -0.467 e. The van der Waals surface area contributed by atoms with E-state index in [1.54, 1.807) is 24.4 Å². The van der Waals surface area contributed by atoms with Crippen molar-refractivity contribution in [3.63, 3.8) is 0 Å². The van der Waals surface area contributed by atoms with Gasteiger partial charge in [-0.1, -0.05) is 30.3 Å². The molecule has 3 aromatic rings. The number of methoxy groups -OCH3 is 1. The van der Waals surface area contributed by atoms with Crippen molar-refractivity contribution in [2.75, 3.05) is 13.7 Å².